The lowest BCUT2D eigenvalue weighted by Crippen LogP contribution is -2.49. The van der Waals surface area contributed by atoms with Crippen molar-refractivity contribution in [2.75, 3.05) is 25.0 Å². The van der Waals surface area contributed by atoms with Crippen molar-refractivity contribution >= 4 is 11.7 Å². The highest BCUT2D eigenvalue weighted by atomic mass is 16.5. The standard InChI is InChI=1S/C20H28N4O2/c1-14-7-5-9-19(21-14)24-12-6-8-17(13-24)23(4)20(25)11-10-18-15(2)22-26-16(18)3/h5,7,9,17H,6,8,10-13H2,1-4H3/t17-/m0/s1. The number of anilines is 1. The summed E-state index contributed by atoms with van der Waals surface area (Å²) in [5.74, 6) is 1.99. The molecule has 3 heterocycles. The van der Waals surface area contributed by atoms with Crippen LogP contribution in [-0.4, -0.2) is 47.1 Å². The van der Waals surface area contributed by atoms with Gasteiger partial charge in [0.1, 0.15) is 11.6 Å². The van der Waals surface area contributed by atoms with Gasteiger partial charge in [-0.25, -0.2) is 4.98 Å². The van der Waals surface area contributed by atoms with E-state index in [9.17, 15) is 4.79 Å². The summed E-state index contributed by atoms with van der Waals surface area (Å²) >= 11 is 0. The zero-order valence-corrected chi connectivity index (χ0v) is 16.2. The van der Waals surface area contributed by atoms with Crippen molar-refractivity contribution in [1.29, 1.82) is 0 Å². The molecule has 1 aliphatic heterocycles. The number of amides is 1. The summed E-state index contributed by atoms with van der Waals surface area (Å²) < 4.78 is 5.19. The van der Waals surface area contributed by atoms with Crippen LogP contribution in [0.25, 0.3) is 0 Å². The lowest BCUT2D eigenvalue weighted by Gasteiger charge is -2.38. The van der Waals surface area contributed by atoms with Crippen LogP contribution in [0.5, 0.6) is 0 Å². The Balaban J connectivity index is 1.59. The number of carbonyl (C=O) groups excluding carboxylic acids is 1. The van der Waals surface area contributed by atoms with Crippen molar-refractivity contribution < 1.29 is 9.32 Å². The zero-order valence-electron chi connectivity index (χ0n) is 16.2. The second kappa shape index (κ2) is 7.89. The molecular formula is C20H28N4O2. The average Bonchev–Trinajstić information content (AvgIpc) is 2.97. The predicted octanol–water partition coefficient (Wildman–Crippen LogP) is 3.05. The molecule has 0 unspecified atom stereocenters. The van der Waals surface area contributed by atoms with Crippen LogP contribution < -0.4 is 4.90 Å². The van der Waals surface area contributed by atoms with Gasteiger partial charge in [0.25, 0.3) is 0 Å². The SMILES string of the molecule is Cc1cccc(N2CCC[C@H](N(C)C(=O)CCc3c(C)noc3C)C2)n1. The van der Waals surface area contributed by atoms with Crippen LogP contribution in [0.1, 0.15) is 42.0 Å². The van der Waals surface area contributed by atoms with Crippen molar-refractivity contribution in [3.8, 4) is 0 Å². The predicted molar refractivity (Wildman–Crippen MR) is 101 cm³/mol. The van der Waals surface area contributed by atoms with E-state index in [1.807, 2.05) is 44.9 Å². The molecule has 1 atom stereocenters. The van der Waals surface area contributed by atoms with Crippen molar-refractivity contribution in [3.63, 3.8) is 0 Å². The summed E-state index contributed by atoms with van der Waals surface area (Å²) in [6.45, 7) is 7.67. The lowest BCUT2D eigenvalue weighted by atomic mass is 10.0. The third-order valence-electron chi connectivity index (χ3n) is 5.31. The van der Waals surface area contributed by atoms with E-state index in [-0.39, 0.29) is 11.9 Å². The topological polar surface area (TPSA) is 62.5 Å². The summed E-state index contributed by atoms with van der Waals surface area (Å²) in [5.41, 5.74) is 2.96. The van der Waals surface area contributed by atoms with Gasteiger partial charge >= 0.3 is 0 Å². The first-order chi connectivity index (χ1) is 12.5. The van der Waals surface area contributed by atoms with Gasteiger partial charge in [-0.3, -0.25) is 4.79 Å². The molecule has 0 bridgehead atoms. The highest BCUT2D eigenvalue weighted by Crippen LogP contribution is 2.22. The third-order valence-corrected chi connectivity index (χ3v) is 5.31. The normalized spacial score (nSPS) is 17.4. The first kappa shape index (κ1) is 18.4. The van der Waals surface area contributed by atoms with Gasteiger partial charge < -0.3 is 14.3 Å². The van der Waals surface area contributed by atoms with Gasteiger partial charge in [-0.1, -0.05) is 11.2 Å². The molecule has 0 N–H and O–H groups in total. The Morgan fingerprint density at radius 1 is 1.35 bits per heavy atom. The molecule has 2 aromatic heterocycles. The number of piperidine rings is 1. The Hall–Kier alpha value is -2.37. The van der Waals surface area contributed by atoms with E-state index in [1.54, 1.807) is 0 Å². The Morgan fingerprint density at radius 2 is 2.15 bits per heavy atom. The smallest absolute Gasteiger partial charge is 0.222 e. The molecular weight excluding hydrogens is 328 g/mol. The number of hydrogen-bond acceptors (Lipinski definition) is 5. The third kappa shape index (κ3) is 4.06. The fraction of sp³-hybridized carbons (Fsp3) is 0.550. The van der Waals surface area contributed by atoms with E-state index >= 15 is 0 Å². The van der Waals surface area contributed by atoms with E-state index in [1.165, 1.54) is 0 Å². The van der Waals surface area contributed by atoms with Crippen LogP contribution in [0.4, 0.5) is 5.82 Å². The molecule has 0 radical (unpaired) electrons. The molecule has 0 spiro atoms. The number of aromatic nitrogens is 2. The van der Waals surface area contributed by atoms with Crippen LogP contribution in [0.15, 0.2) is 22.7 Å². The minimum Gasteiger partial charge on any atom is -0.361 e. The molecule has 1 amide bonds. The van der Waals surface area contributed by atoms with Gasteiger partial charge in [0.05, 0.1) is 5.69 Å². The van der Waals surface area contributed by atoms with Gasteiger partial charge in [-0.2, -0.15) is 0 Å². The van der Waals surface area contributed by atoms with Gasteiger partial charge in [0, 0.05) is 43.9 Å². The van der Waals surface area contributed by atoms with E-state index in [4.69, 9.17) is 4.52 Å². The fourth-order valence-corrected chi connectivity index (χ4v) is 3.65. The molecule has 0 aromatic carbocycles. The Bertz CT molecular complexity index is 751. The Morgan fingerprint density at radius 3 is 2.85 bits per heavy atom. The fourth-order valence-electron chi connectivity index (χ4n) is 3.65. The molecule has 0 aliphatic carbocycles. The van der Waals surface area contributed by atoms with Crippen molar-refractivity contribution in [2.45, 2.75) is 52.5 Å². The second-order valence-corrected chi connectivity index (χ2v) is 7.19. The molecule has 2 aromatic rings. The minimum atomic E-state index is 0.175. The molecule has 1 aliphatic rings. The summed E-state index contributed by atoms with van der Waals surface area (Å²) in [6.07, 6.45) is 3.27. The van der Waals surface area contributed by atoms with Crippen LogP contribution in [0.2, 0.25) is 0 Å². The monoisotopic (exact) mass is 356 g/mol. The van der Waals surface area contributed by atoms with Crippen LogP contribution in [-0.2, 0) is 11.2 Å². The van der Waals surface area contributed by atoms with Crippen molar-refractivity contribution in [3.05, 3.63) is 40.9 Å². The lowest BCUT2D eigenvalue weighted by molar-refractivity contribution is -0.132. The molecule has 26 heavy (non-hydrogen) atoms. The molecule has 3 rings (SSSR count). The van der Waals surface area contributed by atoms with Gasteiger partial charge in [-0.05, 0) is 52.2 Å². The van der Waals surface area contributed by atoms with Crippen molar-refractivity contribution in [1.82, 2.24) is 15.0 Å². The average molecular weight is 356 g/mol. The number of pyridine rings is 1. The summed E-state index contributed by atoms with van der Waals surface area (Å²) in [4.78, 5) is 21.5. The molecule has 0 saturated carbocycles. The van der Waals surface area contributed by atoms with Gasteiger partial charge in [0.2, 0.25) is 5.91 Å². The number of rotatable bonds is 5. The number of carbonyl (C=O) groups is 1. The van der Waals surface area contributed by atoms with E-state index in [0.29, 0.717) is 12.8 Å². The second-order valence-electron chi connectivity index (χ2n) is 7.19. The maximum Gasteiger partial charge on any atom is 0.222 e. The number of likely N-dealkylation sites (N-methyl/N-ethyl adjacent to an activating group) is 1. The summed E-state index contributed by atoms with van der Waals surface area (Å²) in [6, 6.07) is 6.33. The van der Waals surface area contributed by atoms with Crippen molar-refractivity contribution in [2.24, 2.45) is 0 Å². The number of hydrogen-bond donors (Lipinski definition) is 0. The minimum absolute atomic E-state index is 0.175. The highest BCUT2D eigenvalue weighted by molar-refractivity contribution is 5.76. The highest BCUT2D eigenvalue weighted by Gasteiger charge is 2.27. The number of aryl methyl sites for hydroxylation is 3. The first-order valence-electron chi connectivity index (χ1n) is 9.31. The number of nitrogens with zero attached hydrogens (tertiary/aromatic N) is 4. The van der Waals surface area contributed by atoms with Crippen LogP contribution in [0, 0.1) is 20.8 Å². The zero-order chi connectivity index (χ0) is 18.7. The Kier molecular flexibility index (Phi) is 5.59. The molecule has 140 valence electrons. The van der Waals surface area contributed by atoms with E-state index in [0.717, 1.165) is 54.5 Å². The quantitative estimate of drug-likeness (QED) is 0.824. The summed E-state index contributed by atoms with van der Waals surface area (Å²) in [5, 5.41) is 3.97. The molecule has 1 saturated heterocycles. The van der Waals surface area contributed by atoms with Crippen LogP contribution >= 0.6 is 0 Å². The van der Waals surface area contributed by atoms with E-state index in [2.05, 4.69) is 21.1 Å². The van der Waals surface area contributed by atoms with Gasteiger partial charge in [0.15, 0.2) is 0 Å². The summed E-state index contributed by atoms with van der Waals surface area (Å²) in [7, 11) is 1.92. The van der Waals surface area contributed by atoms with E-state index < -0.39 is 0 Å². The largest absolute Gasteiger partial charge is 0.361 e. The maximum atomic E-state index is 12.7. The Labute approximate surface area is 155 Å². The van der Waals surface area contributed by atoms with Crippen LogP contribution in [0.3, 0.4) is 0 Å². The first-order valence-corrected chi connectivity index (χ1v) is 9.31. The molecule has 6 nitrogen and oxygen atoms in total. The van der Waals surface area contributed by atoms with Gasteiger partial charge in [-0.15, -0.1) is 0 Å². The molecule has 6 heteroatoms. The molecule has 1 fully saturated rings. The maximum absolute atomic E-state index is 12.7.